The Hall–Kier alpha value is -3.92. The second-order valence-electron chi connectivity index (χ2n) is 7.20. The normalized spacial score (nSPS) is 16.7. The smallest absolute Gasteiger partial charge is 0.231 e. The standard InChI is InChI=1S/C23H20N4O3/c1-2-6-17-21-20(14-9-10-18-19(11-14)29-13-28-18)16(12-24)22(25)30-23(21)27(26-17)15-7-4-3-5-8-15/h3-5,7-11,20H,2,6,13,25H2,1H3/t20-/m0/s1. The average Bonchev–Trinajstić information content (AvgIpc) is 3.38. The monoisotopic (exact) mass is 400 g/mol. The van der Waals surface area contributed by atoms with Gasteiger partial charge in [0.2, 0.25) is 18.6 Å². The van der Waals surface area contributed by atoms with Crippen LogP contribution in [0.2, 0.25) is 0 Å². The number of para-hydroxylation sites is 1. The molecule has 7 nitrogen and oxygen atoms in total. The average molecular weight is 400 g/mol. The van der Waals surface area contributed by atoms with Crippen molar-refractivity contribution < 1.29 is 14.2 Å². The first kappa shape index (κ1) is 18.1. The summed E-state index contributed by atoms with van der Waals surface area (Å²) >= 11 is 0. The summed E-state index contributed by atoms with van der Waals surface area (Å²) in [5.74, 6) is 1.59. The van der Waals surface area contributed by atoms with Gasteiger partial charge in [-0.2, -0.15) is 10.4 Å². The maximum absolute atomic E-state index is 9.91. The number of hydrogen-bond acceptors (Lipinski definition) is 6. The summed E-state index contributed by atoms with van der Waals surface area (Å²) in [6.07, 6.45) is 1.67. The number of ether oxygens (including phenoxy) is 3. The quantitative estimate of drug-likeness (QED) is 0.716. The van der Waals surface area contributed by atoms with E-state index in [4.69, 9.17) is 25.0 Å². The summed E-state index contributed by atoms with van der Waals surface area (Å²) in [5, 5.41) is 14.8. The van der Waals surface area contributed by atoms with Crippen LogP contribution in [-0.2, 0) is 6.42 Å². The fourth-order valence-electron chi connectivity index (χ4n) is 4.00. The highest BCUT2D eigenvalue weighted by molar-refractivity contribution is 5.59. The van der Waals surface area contributed by atoms with Gasteiger partial charge in [0, 0.05) is 0 Å². The van der Waals surface area contributed by atoms with Crippen LogP contribution in [-0.4, -0.2) is 16.6 Å². The Morgan fingerprint density at radius 3 is 2.73 bits per heavy atom. The number of fused-ring (bicyclic) bond motifs is 2. The Morgan fingerprint density at radius 1 is 1.17 bits per heavy atom. The van der Waals surface area contributed by atoms with E-state index in [2.05, 4.69) is 13.0 Å². The topological polar surface area (TPSA) is 95.3 Å². The zero-order valence-corrected chi connectivity index (χ0v) is 16.5. The third-order valence-electron chi connectivity index (χ3n) is 5.34. The Balaban J connectivity index is 1.74. The fourth-order valence-corrected chi connectivity index (χ4v) is 4.00. The molecular weight excluding hydrogens is 380 g/mol. The summed E-state index contributed by atoms with van der Waals surface area (Å²) in [6.45, 7) is 2.29. The van der Waals surface area contributed by atoms with E-state index < -0.39 is 5.92 Å². The van der Waals surface area contributed by atoms with Gasteiger partial charge in [-0.1, -0.05) is 37.6 Å². The Labute approximate surface area is 173 Å². The van der Waals surface area contributed by atoms with Crippen LogP contribution < -0.4 is 19.9 Å². The molecule has 7 heteroatoms. The van der Waals surface area contributed by atoms with Crippen LogP contribution in [0, 0.1) is 11.3 Å². The first-order valence-corrected chi connectivity index (χ1v) is 9.85. The molecule has 2 aromatic carbocycles. The van der Waals surface area contributed by atoms with Crippen molar-refractivity contribution in [3.8, 4) is 29.1 Å². The summed E-state index contributed by atoms with van der Waals surface area (Å²) in [5.41, 5.74) is 10.1. The van der Waals surface area contributed by atoms with Gasteiger partial charge in [-0.3, -0.25) is 0 Å². The molecule has 0 bridgehead atoms. The van der Waals surface area contributed by atoms with Gasteiger partial charge in [0.25, 0.3) is 0 Å². The van der Waals surface area contributed by atoms with Crippen molar-refractivity contribution >= 4 is 0 Å². The number of rotatable bonds is 4. The minimum Gasteiger partial charge on any atom is -0.454 e. The molecule has 2 aliphatic rings. The van der Waals surface area contributed by atoms with Gasteiger partial charge < -0.3 is 19.9 Å². The lowest BCUT2D eigenvalue weighted by atomic mass is 9.83. The largest absolute Gasteiger partial charge is 0.454 e. The number of aromatic nitrogens is 2. The zero-order valence-electron chi connectivity index (χ0n) is 16.5. The van der Waals surface area contributed by atoms with Crippen molar-refractivity contribution in [1.82, 2.24) is 9.78 Å². The first-order valence-electron chi connectivity index (χ1n) is 9.85. The molecule has 3 heterocycles. The lowest BCUT2D eigenvalue weighted by molar-refractivity contribution is 0.174. The van der Waals surface area contributed by atoms with Gasteiger partial charge in [0.1, 0.15) is 11.6 Å². The van der Waals surface area contributed by atoms with Crippen molar-refractivity contribution in [2.75, 3.05) is 6.79 Å². The first-order chi connectivity index (χ1) is 14.7. The third-order valence-corrected chi connectivity index (χ3v) is 5.34. The Kier molecular flexibility index (Phi) is 4.32. The van der Waals surface area contributed by atoms with Crippen LogP contribution in [0.5, 0.6) is 17.4 Å². The second-order valence-corrected chi connectivity index (χ2v) is 7.20. The van der Waals surface area contributed by atoms with Crippen molar-refractivity contribution in [3.63, 3.8) is 0 Å². The minimum atomic E-state index is -0.396. The molecular formula is C23H20N4O3. The third kappa shape index (κ3) is 2.77. The molecule has 0 spiro atoms. The minimum absolute atomic E-state index is 0.0906. The van der Waals surface area contributed by atoms with E-state index in [9.17, 15) is 5.26 Å². The molecule has 0 aliphatic carbocycles. The fraction of sp³-hybridized carbons (Fsp3) is 0.217. The lowest BCUT2D eigenvalue weighted by Gasteiger charge is -2.25. The van der Waals surface area contributed by atoms with Gasteiger partial charge in [-0.15, -0.1) is 0 Å². The molecule has 1 atom stereocenters. The predicted molar refractivity (Wildman–Crippen MR) is 109 cm³/mol. The molecule has 0 unspecified atom stereocenters. The maximum atomic E-state index is 9.91. The summed E-state index contributed by atoms with van der Waals surface area (Å²) in [4.78, 5) is 0. The molecule has 0 amide bonds. The van der Waals surface area contributed by atoms with Crippen molar-refractivity contribution in [1.29, 1.82) is 5.26 Å². The molecule has 3 aromatic rings. The van der Waals surface area contributed by atoms with Gasteiger partial charge in [-0.05, 0) is 36.2 Å². The molecule has 2 aliphatic heterocycles. The van der Waals surface area contributed by atoms with Gasteiger partial charge in [-0.25, -0.2) is 4.68 Å². The van der Waals surface area contributed by atoms with E-state index in [1.165, 1.54) is 0 Å². The van der Waals surface area contributed by atoms with Crippen LogP contribution in [0.4, 0.5) is 0 Å². The van der Waals surface area contributed by atoms with Gasteiger partial charge in [0.05, 0.1) is 22.9 Å². The number of allylic oxidation sites excluding steroid dienone is 1. The molecule has 150 valence electrons. The highest BCUT2D eigenvalue weighted by Gasteiger charge is 2.37. The SMILES string of the molecule is CCCc1nn(-c2ccccc2)c2c1[C@@H](c1ccc3c(c1)OCO3)C(C#N)=C(N)O2. The van der Waals surface area contributed by atoms with E-state index in [1.807, 2.05) is 48.5 Å². The predicted octanol–water partition coefficient (Wildman–Crippen LogP) is 3.77. The molecule has 1 aromatic heterocycles. The van der Waals surface area contributed by atoms with Crippen LogP contribution in [0.25, 0.3) is 5.69 Å². The summed E-state index contributed by atoms with van der Waals surface area (Å²) in [6, 6.07) is 17.7. The van der Waals surface area contributed by atoms with Crippen molar-refractivity contribution in [2.24, 2.45) is 5.73 Å². The molecule has 0 saturated carbocycles. The number of nitriles is 1. The van der Waals surface area contributed by atoms with E-state index in [1.54, 1.807) is 4.68 Å². The molecule has 30 heavy (non-hydrogen) atoms. The number of hydrogen-bond donors (Lipinski definition) is 1. The molecule has 0 fully saturated rings. The van der Waals surface area contributed by atoms with Crippen LogP contribution >= 0.6 is 0 Å². The maximum Gasteiger partial charge on any atom is 0.231 e. The van der Waals surface area contributed by atoms with E-state index >= 15 is 0 Å². The van der Waals surface area contributed by atoms with Crippen molar-refractivity contribution in [2.45, 2.75) is 25.7 Å². The Morgan fingerprint density at radius 2 is 1.97 bits per heavy atom. The molecule has 2 N–H and O–H groups in total. The molecule has 5 rings (SSSR count). The Bertz CT molecular complexity index is 1190. The molecule has 0 saturated heterocycles. The number of aryl methyl sites for hydroxylation is 1. The second kappa shape index (κ2) is 7.16. The highest BCUT2D eigenvalue weighted by Crippen LogP contribution is 2.47. The zero-order chi connectivity index (χ0) is 20.7. The van der Waals surface area contributed by atoms with Crippen molar-refractivity contribution in [3.05, 3.63) is 76.8 Å². The number of nitrogens with two attached hydrogens (primary N) is 1. The van der Waals surface area contributed by atoms with E-state index in [-0.39, 0.29) is 12.7 Å². The van der Waals surface area contributed by atoms with E-state index in [0.29, 0.717) is 23.0 Å². The molecule has 0 radical (unpaired) electrons. The summed E-state index contributed by atoms with van der Waals surface area (Å²) in [7, 11) is 0. The highest BCUT2D eigenvalue weighted by atomic mass is 16.7. The number of benzene rings is 2. The lowest BCUT2D eigenvalue weighted by Crippen LogP contribution is -2.22. The van der Waals surface area contributed by atoms with E-state index in [0.717, 1.165) is 35.3 Å². The summed E-state index contributed by atoms with van der Waals surface area (Å²) < 4.78 is 18.7. The van der Waals surface area contributed by atoms with Gasteiger partial charge >= 0.3 is 0 Å². The van der Waals surface area contributed by atoms with Crippen LogP contribution in [0.1, 0.15) is 36.1 Å². The van der Waals surface area contributed by atoms with Crippen LogP contribution in [0.15, 0.2) is 60.0 Å². The number of nitrogens with zero attached hydrogens (tertiary/aromatic N) is 3. The van der Waals surface area contributed by atoms with Crippen LogP contribution in [0.3, 0.4) is 0 Å². The van der Waals surface area contributed by atoms with Gasteiger partial charge in [0.15, 0.2) is 11.5 Å².